The Morgan fingerprint density at radius 1 is 0.714 bits per heavy atom. The average Bonchev–Trinajstić information content (AvgIpc) is 2.54. The second-order valence-electron chi connectivity index (χ2n) is 4.61. The van der Waals surface area contributed by atoms with E-state index in [0.717, 1.165) is 0 Å². The fraction of sp³-hybridized carbons (Fsp3) is 0.0588. The third kappa shape index (κ3) is 2.10. The molecule has 0 spiro atoms. The maximum atomic E-state index is 11.9. The first-order valence-corrected chi connectivity index (χ1v) is 6.40. The SMILES string of the molecule is C=C1C(=O)OC(c2ccccc2)(c2ccccc2)OC1=O. The number of ether oxygens (including phenoxy) is 2. The summed E-state index contributed by atoms with van der Waals surface area (Å²) >= 11 is 0. The maximum absolute atomic E-state index is 11.9. The topological polar surface area (TPSA) is 52.6 Å². The van der Waals surface area contributed by atoms with Gasteiger partial charge in [-0.2, -0.15) is 0 Å². The van der Waals surface area contributed by atoms with Crippen molar-refractivity contribution >= 4 is 11.9 Å². The molecule has 0 aromatic heterocycles. The summed E-state index contributed by atoms with van der Waals surface area (Å²) in [5, 5.41) is 0. The molecular weight excluding hydrogens is 268 g/mol. The predicted molar refractivity (Wildman–Crippen MR) is 75.0 cm³/mol. The third-order valence-corrected chi connectivity index (χ3v) is 3.27. The summed E-state index contributed by atoms with van der Waals surface area (Å²) in [7, 11) is 0. The number of carbonyl (C=O) groups excluding carboxylic acids is 2. The highest BCUT2D eigenvalue weighted by Gasteiger charge is 2.48. The summed E-state index contributed by atoms with van der Waals surface area (Å²) in [6.07, 6.45) is 0. The number of esters is 2. The zero-order chi connectivity index (χ0) is 14.9. The van der Waals surface area contributed by atoms with Gasteiger partial charge >= 0.3 is 17.7 Å². The van der Waals surface area contributed by atoms with E-state index in [1.165, 1.54) is 0 Å². The highest BCUT2D eigenvalue weighted by Crippen LogP contribution is 2.39. The molecule has 21 heavy (non-hydrogen) atoms. The first kappa shape index (κ1) is 13.1. The second-order valence-corrected chi connectivity index (χ2v) is 4.61. The van der Waals surface area contributed by atoms with Gasteiger partial charge in [-0.3, -0.25) is 0 Å². The van der Waals surface area contributed by atoms with Crippen LogP contribution in [0.25, 0.3) is 0 Å². The molecule has 0 bridgehead atoms. The Balaban J connectivity index is 2.19. The first-order chi connectivity index (χ1) is 10.1. The number of hydrogen-bond acceptors (Lipinski definition) is 4. The zero-order valence-electron chi connectivity index (χ0n) is 11.1. The van der Waals surface area contributed by atoms with E-state index in [9.17, 15) is 9.59 Å². The third-order valence-electron chi connectivity index (χ3n) is 3.27. The van der Waals surface area contributed by atoms with Crippen molar-refractivity contribution in [1.82, 2.24) is 0 Å². The molecule has 0 radical (unpaired) electrons. The number of benzene rings is 2. The van der Waals surface area contributed by atoms with Crippen molar-refractivity contribution in [2.45, 2.75) is 5.79 Å². The van der Waals surface area contributed by atoms with Crippen molar-refractivity contribution in [3.05, 3.63) is 83.9 Å². The van der Waals surface area contributed by atoms with Gasteiger partial charge in [0.15, 0.2) is 0 Å². The van der Waals surface area contributed by atoms with Gasteiger partial charge in [-0.05, 0) is 0 Å². The largest absolute Gasteiger partial charge is 0.410 e. The van der Waals surface area contributed by atoms with Crippen molar-refractivity contribution < 1.29 is 19.1 Å². The van der Waals surface area contributed by atoms with Crippen molar-refractivity contribution in [2.75, 3.05) is 0 Å². The molecule has 1 fully saturated rings. The van der Waals surface area contributed by atoms with Crippen molar-refractivity contribution in [3.8, 4) is 0 Å². The quantitative estimate of drug-likeness (QED) is 0.482. The Hall–Kier alpha value is -2.88. The number of cyclic esters (lactones) is 2. The van der Waals surface area contributed by atoms with E-state index in [2.05, 4.69) is 6.58 Å². The molecule has 1 saturated heterocycles. The van der Waals surface area contributed by atoms with E-state index in [-0.39, 0.29) is 5.57 Å². The molecule has 4 heteroatoms. The Labute approximate surface area is 121 Å². The number of carbonyl (C=O) groups is 2. The van der Waals surface area contributed by atoms with Crippen molar-refractivity contribution in [2.24, 2.45) is 0 Å². The Bertz CT molecular complexity index is 643. The summed E-state index contributed by atoms with van der Waals surface area (Å²) in [5.74, 6) is -3.13. The van der Waals surface area contributed by atoms with Crippen LogP contribution in [0, 0.1) is 0 Å². The molecule has 0 aliphatic carbocycles. The molecule has 0 saturated carbocycles. The molecule has 2 aromatic carbocycles. The Kier molecular flexibility index (Phi) is 3.06. The van der Waals surface area contributed by atoms with E-state index in [1.54, 1.807) is 48.5 Å². The van der Waals surface area contributed by atoms with Crippen LogP contribution in [0.1, 0.15) is 11.1 Å². The van der Waals surface area contributed by atoms with E-state index in [1.807, 2.05) is 12.1 Å². The van der Waals surface area contributed by atoms with Gasteiger partial charge in [0, 0.05) is 11.1 Å². The highest BCUT2D eigenvalue weighted by atomic mass is 16.7. The Morgan fingerprint density at radius 3 is 1.48 bits per heavy atom. The van der Waals surface area contributed by atoms with Crippen LogP contribution in [0.3, 0.4) is 0 Å². The minimum absolute atomic E-state index is 0.308. The van der Waals surface area contributed by atoms with Crippen LogP contribution < -0.4 is 0 Å². The molecule has 0 amide bonds. The monoisotopic (exact) mass is 280 g/mol. The smallest absolute Gasteiger partial charge is 0.348 e. The Morgan fingerprint density at radius 2 is 1.10 bits per heavy atom. The summed E-state index contributed by atoms with van der Waals surface area (Å²) in [6.45, 7) is 3.38. The van der Waals surface area contributed by atoms with Crippen LogP contribution in [0.4, 0.5) is 0 Å². The summed E-state index contributed by atoms with van der Waals surface area (Å²) in [5.41, 5.74) is 0.813. The lowest BCUT2D eigenvalue weighted by molar-refractivity contribution is -0.225. The molecule has 0 N–H and O–H groups in total. The maximum Gasteiger partial charge on any atom is 0.348 e. The fourth-order valence-electron chi connectivity index (χ4n) is 2.21. The normalized spacial score (nSPS) is 17.0. The molecule has 1 heterocycles. The highest BCUT2D eigenvalue weighted by molar-refractivity contribution is 6.15. The number of rotatable bonds is 2. The summed E-state index contributed by atoms with van der Waals surface area (Å²) in [6, 6.07) is 17.7. The van der Waals surface area contributed by atoms with Gasteiger partial charge in [0.05, 0.1) is 0 Å². The molecule has 2 aromatic rings. The molecule has 3 rings (SSSR count). The van der Waals surface area contributed by atoms with Gasteiger partial charge in [0.1, 0.15) is 5.57 Å². The van der Waals surface area contributed by atoms with Crippen molar-refractivity contribution in [1.29, 1.82) is 0 Å². The second kappa shape index (κ2) is 4.90. The summed E-state index contributed by atoms with van der Waals surface area (Å²) < 4.78 is 10.9. The van der Waals surface area contributed by atoms with E-state index in [0.29, 0.717) is 11.1 Å². The van der Waals surface area contributed by atoms with Gasteiger partial charge in [-0.25, -0.2) is 9.59 Å². The average molecular weight is 280 g/mol. The van der Waals surface area contributed by atoms with Gasteiger partial charge in [0.25, 0.3) is 0 Å². The summed E-state index contributed by atoms with van der Waals surface area (Å²) in [4.78, 5) is 23.9. The molecular formula is C17H12O4. The lowest BCUT2D eigenvalue weighted by atomic mass is 9.96. The van der Waals surface area contributed by atoms with Gasteiger partial charge in [-0.1, -0.05) is 67.2 Å². The molecule has 0 unspecified atom stereocenters. The fourth-order valence-corrected chi connectivity index (χ4v) is 2.21. The molecule has 1 aliphatic heterocycles. The van der Waals surface area contributed by atoms with Gasteiger partial charge < -0.3 is 9.47 Å². The van der Waals surface area contributed by atoms with Crippen LogP contribution in [0.15, 0.2) is 72.8 Å². The minimum Gasteiger partial charge on any atom is -0.410 e. The predicted octanol–water partition coefficient (Wildman–Crippen LogP) is 2.54. The van der Waals surface area contributed by atoms with Crippen LogP contribution in [0.2, 0.25) is 0 Å². The van der Waals surface area contributed by atoms with Crippen LogP contribution >= 0.6 is 0 Å². The molecule has 0 atom stereocenters. The van der Waals surface area contributed by atoms with E-state index in [4.69, 9.17) is 9.47 Å². The lowest BCUT2D eigenvalue weighted by Gasteiger charge is -2.36. The van der Waals surface area contributed by atoms with Crippen LogP contribution in [-0.2, 0) is 24.8 Å². The molecule has 4 nitrogen and oxygen atoms in total. The first-order valence-electron chi connectivity index (χ1n) is 6.40. The molecule has 1 aliphatic rings. The van der Waals surface area contributed by atoms with E-state index < -0.39 is 17.7 Å². The van der Waals surface area contributed by atoms with Crippen molar-refractivity contribution in [3.63, 3.8) is 0 Å². The van der Waals surface area contributed by atoms with Crippen LogP contribution in [-0.4, -0.2) is 11.9 Å². The minimum atomic E-state index is -1.57. The van der Waals surface area contributed by atoms with Crippen LogP contribution in [0.5, 0.6) is 0 Å². The number of hydrogen-bond donors (Lipinski definition) is 0. The lowest BCUT2D eigenvalue weighted by Crippen LogP contribution is -2.44. The molecule has 104 valence electrons. The van der Waals surface area contributed by atoms with E-state index >= 15 is 0 Å². The standard InChI is InChI=1S/C17H12O4/c1-12-15(18)20-17(21-16(12)19,13-8-4-2-5-9-13)14-10-6-3-7-11-14/h2-11H,1H2. The van der Waals surface area contributed by atoms with Gasteiger partial charge in [0.2, 0.25) is 0 Å². The van der Waals surface area contributed by atoms with Gasteiger partial charge in [-0.15, -0.1) is 0 Å². The zero-order valence-corrected chi connectivity index (χ0v) is 11.1.